The lowest BCUT2D eigenvalue weighted by molar-refractivity contribution is -0.120. The summed E-state index contributed by atoms with van der Waals surface area (Å²) < 4.78 is 11.2. The van der Waals surface area contributed by atoms with Crippen molar-refractivity contribution in [3.63, 3.8) is 0 Å². The van der Waals surface area contributed by atoms with Crippen LogP contribution in [0.3, 0.4) is 0 Å². The Bertz CT molecular complexity index is 971. The minimum absolute atomic E-state index is 0.214. The average Bonchev–Trinajstić information content (AvgIpc) is 3.00. The van der Waals surface area contributed by atoms with Crippen LogP contribution in [-0.2, 0) is 11.4 Å². The molecule has 0 saturated carbocycles. The van der Waals surface area contributed by atoms with Gasteiger partial charge in [0.1, 0.15) is 18.4 Å². The maximum absolute atomic E-state index is 12.5. The highest BCUT2D eigenvalue weighted by atomic mass is 16.5. The maximum atomic E-state index is 12.5. The summed E-state index contributed by atoms with van der Waals surface area (Å²) in [6, 6.07) is 5.85. The zero-order valence-electron chi connectivity index (χ0n) is 14.5. The molecular weight excluding hydrogens is 352 g/mol. The van der Waals surface area contributed by atoms with Crippen molar-refractivity contribution >= 4 is 22.8 Å². The number of primary amides is 1. The minimum Gasteiger partial charge on any atom is -0.471 e. The third kappa shape index (κ3) is 4.04. The predicted molar refractivity (Wildman–Crippen MR) is 94.8 cm³/mol. The summed E-state index contributed by atoms with van der Waals surface area (Å²) in [5.41, 5.74) is 6.48. The van der Waals surface area contributed by atoms with Crippen LogP contribution in [0.5, 0.6) is 5.88 Å². The lowest BCUT2D eigenvalue weighted by atomic mass is 10.1. The Morgan fingerprint density at radius 2 is 2.19 bits per heavy atom. The number of aryl methyl sites for hydroxylation is 1. The van der Waals surface area contributed by atoms with Gasteiger partial charge in [-0.1, -0.05) is 6.07 Å². The molecule has 0 aliphatic rings. The SMILES string of the molecule is Cc1oc2cnc(OCc3ccccn3)cc2c1C(=O)NC(CO)C(N)=O. The molecule has 2 amide bonds. The summed E-state index contributed by atoms with van der Waals surface area (Å²) in [5, 5.41) is 12.0. The van der Waals surface area contributed by atoms with Crippen LogP contribution < -0.4 is 15.8 Å². The fourth-order valence-corrected chi connectivity index (χ4v) is 2.54. The highest BCUT2D eigenvalue weighted by Crippen LogP contribution is 2.27. The monoisotopic (exact) mass is 370 g/mol. The number of carbonyl (C=O) groups is 2. The zero-order chi connectivity index (χ0) is 19.4. The van der Waals surface area contributed by atoms with Crippen molar-refractivity contribution in [1.29, 1.82) is 0 Å². The van der Waals surface area contributed by atoms with Gasteiger partial charge < -0.3 is 25.3 Å². The molecule has 9 heteroatoms. The highest BCUT2D eigenvalue weighted by molar-refractivity contribution is 6.08. The van der Waals surface area contributed by atoms with Crippen molar-refractivity contribution in [2.45, 2.75) is 19.6 Å². The largest absolute Gasteiger partial charge is 0.471 e. The first kappa shape index (κ1) is 18.3. The summed E-state index contributed by atoms with van der Waals surface area (Å²) in [7, 11) is 0. The molecule has 0 radical (unpaired) electrons. The second kappa shape index (κ2) is 7.83. The van der Waals surface area contributed by atoms with E-state index >= 15 is 0 Å². The van der Waals surface area contributed by atoms with Gasteiger partial charge in [-0.05, 0) is 19.1 Å². The molecule has 0 aliphatic heterocycles. The van der Waals surface area contributed by atoms with E-state index < -0.39 is 24.5 Å². The number of hydrogen-bond acceptors (Lipinski definition) is 7. The summed E-state index contributed by atoms with van der Waals surface area (Å²) in [4.78, 5) is 32.1. The number of aliphatic hydroxyl groups excluding tert-OH is 1. The Kier molecular flexibility index (Phi) is 5.32. The topological polar surface area (TPSA) is 141 Å². The third-order valence-electron chi connectivity index (χ3n) is 3.88. The summed E-state index contributed by atoms with van der Waals surface area (Å²) in [6.07, 6.45) is 3.11. The number of nitrogens with one attached hydrogen (secondary N) is 1. The van der Waals surface area contributed by atoms with Crippen LogP contribution in [0, 0.1) is 6.92 Å². The molecule has 0 aliphatic carbocycles. The first-order valence-corrected chi connectivity index (χ1v) is 8.12. The number of nitrogens with two attached hydrogens (primary N) is 1. The first-order chi connectivity index (χ1) is 13.0. The van der Waals surface area contributed by atoms with Crippen LogP contribution in [0.25, 0.3) is 11.0 Å². The van der Waals surface area contributed by atoms with Crippen LogP contribution in [-0.4, -0.2) is 39.5 Å². The van der Waals surface area contributed by atoms with Gasteiger partial charge in [0.05, 0.1) is 24.1 Å². The van der Waals surface area contributed by atoms with Gasteiger partial charge in [0.25, 0.3) is 5.91 Å². The number of aromatic nitrogens is 2. The third-order valence-corrected chi connectivity index (χ3v) is 3.88. The van der Waals surface area contributed by atoms with Crippen molar-refractivity contribution in [2.24, 2.45) is 5.73 Å². The van der Waals surface area contributed by atoms with Gasteiger partial charge in [0, 0.05) is 17.6 Å². The summed E-state index contributed by atoms with van der Waals surface area (Å²) in [5.74, 6) is -0.799. The molecule has 1 atom stereocenters. The Hall–Kier alpha value is -3.46. The fourth-order valence-electron chi connectivity index (χ4n) is 2.54. The Balaban J connectivity index is 1.86. The number of carbonyl (C=O) groups excluding carboxylic acids is 2. The molecule has 0 fully saturated rings. The van der Waals surface area contributed by atoms with Crippen molar-refractivity contribution in [1.82, 2.24) is 15.3 Å². The van der Waals surface area contributed by atoms with E-state index in [1.54, 1.807) is 25.3 Å². The second-order valence-electron chi connectivity index (χ2n) is 5.77. The van der Waals surface area contributed by atoms with Crippen molar-refractivity contribution < 1.29 is 23.8 Å². The number of ether oxygens (including phenoxy) is 1. The number of hydrogen-bond donors (Lipinski definition) is 3. The minimum atomic E-state index is -1.19. The highest BCUT2D eigenvalue weighted by Gasteiger charge is 2.23. The van der Waals surface area contributed by atoms with Crippen LogP contribution in [0.2, 0.25) is 0 Å². The van der Waals surface area contributed by atoms with Gasteiger partial charge in [0.2, 0.25) is 11.8 Å². The Morgan fingerprint density at radius 3 is 2.85 bits per heavy atom. The smallest absolute Gasteiger partial charge is 0.256 e. The summed E-state index contributed by atoms with van der Waals surface area (Å²) >= 11 is 0. The molecule has 140 valence electrons. The molecule has 0 aromatic carbocycles. The van der Waals surface area contributed by atoms with Crippen LogP contribution in [0.1, 0.15) is 21.8 Å². The molecular formula is C18H18N4O5. The van der Waals surface area contributed by atoms with Gasteiger partial charge in [-0.2, -0.15) is 0 Å². The molecule has 0 saturated heterocycles. The fraction of sp³-hybridized carbons (Fsp3) is 0.222. The lowest BCUT2D eigenvalue weighted by Gasteiger charge is -2.12. The van der Waals surface area contributed by atoms with Gasteiger partial charge in [-0.3, -0.25) is 14.6 Å². The molecule has 3 aromatic rings. The average molecular weight is 370 g/mol. The maximum Gasteiger partial charge on any atom is 0.256 e. The predicted octanol–water partition coefficient (Wildman–Crippen LogP) is 0.686. The number of amides is 2. The normalized spacial score (nSPS) is 11.9. The van der Waals surface area contributed by atoms with Crippen LogP contribution in [0.4, 0.5) is 0 Å². The van der Waals surface area contributed by atoms with Crippen molar-refractivity contribution in [3.8, 4) is 5.88 Å². The van der Waals surface area contributed by atoms with E-state index in [9.17, 15) is 14.7 Å². The van der Waals surface area contributed by atoms with E-state index in [1.165, 1.54) is 6.20 Å². The number of pyridine rings is 2. The molecule has 4 N–H and O–H groups in total. The van der Waals surface area contributed by atoms with Crippen molar-refractivity contribution in [3.05, 3.63) is 53.7 Å². The molecule has 27 heavy (non-hydrogen) atoms. The Morgan fingerprint density at radius 1 is 1.37 bits per heavy atom. The van der Waals surface area contributed by atoms with Gasteiger partial charge >= 0.3 is 0 Å². The Labute approximate surface area is 154 Å². The van der Waals surface area contributed by atoms with Crippen molar-refractivity contribution in [2.75, 3.05) is 6.61 Å². The molecule has 0 spiro atoms. The number of rotatable bonds is 7. The molecule has 3 aromatic heterocycles. The van der Waals surface area contributed by atoms with Crippen LogP contribution >= 0.6 is 0 Å². The zero-order valence-corrected chi connectivity index (χ0v) is 14.5. The summed E-state index contributed by atoms with van der Waals surface area (Å²) in [6.45, 7) is 1.23. The molecule has 3 heterocycles. The van der Waals surface area contributed by atoms with E-state index in [1.807, 2.05) is 12.1 Å². The standard InChI is InChI=1S/C18H18N4O5/c1-10-16(18(25)22-13(8-23)17(19)24)12-6-15(21-7-14(12)27-10)26-9-11-4-2-3-5-20-11/h2-7,13,23H,8-9H2,1H3,(H2,19,24)(H,22,25). The molecule has 1 unspecified atom stereocenters. The van der Waals surface area contributed by atoms with E-state index in [0.717, 1.165) is 5.69 Å². The van der Waals surface area contributed by atoms with Gasteiger partial charge in [0.15, 0.2) is 5.58 Å². The quantitative estimate of drug-likeness (QED) is 0.555. The number of nitrogens with zero attached hydrogens (tertiary/aromatic N) is 2. The lowest BCUT2D eigenvalue weighted by Crippen LogP contribution is -2.46. The van der Waals surface area contributed by atoms with Crippen LogP contribution in [0.15, 0.2) is 41.1 Å². The number of furan rings is 1. The van der Waals surface area contributed by atoms with Gasteiger partial charge in [-0.15, -0.1) is 0 Å². The second-order valence-corrected chi connectivity index (χ2v) is 5.77. The van der Waals surface area contributed by atoms with E-state index in [-0.39, 0.29) is 18.1 Å². The van der Waals surface area contributed by atoms with Gasteiger partial charge in [-0.25, -0.2) is 4.98 Å². The molecule has 0 bridgehead atoms. The van der Waals surface area contributed by atoms with E-state index in [4.69, 9.17) is 14.9 Å². The number of aliphatic hydroxyl groups is 1. The number of fused-ring (bicyclic) bond motifs is 1. The van der Waals surface area contributed by atoms with E-state index in [2.05, 4.69) is 15.3 Å². The first-order valence-electron chi connectivity index (χ1n) is 8.12. The molecule has 9 nitrogen and oxygen atoms in total. The van der Waals surface area contributed by atoms with E-state index in [0.29, 0.717) is 16.7 Å². The molecule has 3 rings (SSSR count).